The van der Waals surface area contributed by atoms with Crippen LogP contribution in [0.3, 0.4) is 0 Å². The lowest BCUT2D eigenvalue weighted by molar-refractivity contribution is -0.0139. The average molecular weight is 198 g/mol. The third kappa shape index (κ3) is 1.47. The number of rotatable bonds is 1. The lowest BCUT2D eigenvalue weighted by atomic mass is 9.84. The van der Waals surface area contributed by atoms with E-state index in [1.165, 1.54) is 0 Å². The molecular weight excluding hydrogens is 180 g/mol. The number of ether oxygens (including phenoxy) is 1. The Kier molecular flexibility index (Phi) is 2.39. The summed E-state index contributed by atoms with van der Waals surface area (Å²) in [4.78, 5) is 13.5. The van der Waals surface area contributed by atoms with Crippen molar-refractivity contribution in [2.75, 3.05) is 20.1 Å². The third-order valence-corrected chi connectivity index (χ3v) is 3.46. The molecule has 2 heterocycles. The summed E-state index contributed by atoms with van der Waals surface area (Å²) in [5.74, 6) is 0. The van der Waals surface area contributed by atoms with E-state index >= 15 is 0 Å². The van der Waals surface area contributed by atoms with E-state index in [0.29, 0.717) is 0 Å². The summed E-state index contributed by atoms with van der Waals surface area (Å²) in [5.41, 5.74) is -0.210. The number of carbonyl (C=O) groups excluding carboxylic acids is 1. The molecule has 2 saturated heterocycles. The number of hydrogen-bond acceptors (Lipinski definition) is 3. The normalized spacial score (nSPS) is 31.6. The van der Waals surface area contributed by atoms with Crippen LogP contribution in [0, 0.1) is 0 Å². The molecule has 4 nitrogen and oxygen atoms in total. The zero-order valence-electron chi connectivity index (χ0n) is 8.88. The molecule has 1 spiro atoms. The first kappa shape index (κ1) is 9.77. The maximum Gasteiger partial charge on any atom is 0.408 e. The van der Waals surface area contributed by atoms with Crippen LogP contribution in [0.4, 0.5) is 4.79 Å². The monoisotopic (exact) mass is 198 g/mol. The second-order valence-electron chi connectivity index (χ2n) is 4.36. The van der Waals surface area contributed by atoms with Crippen molar-refractivity contribution in [3.63, 3.8) is 0 Å². The molecule has 2 aliphatic rings. The summed E-state index contributed by atoms with van der Waals surface area (Å²) in [7, 11) is 2.11. The maximum atomic E-state index is 11.2. The predicted octanol–water partition coefficient (Wildman–Crippen LogP) is 0.969. The average Bonchev–Trinajstić information content (AvgIpc) is 2.48. The summed E-state index contributed by atoms with van der Waals surface area (Å²) >= 11 is 0. The van der Waals surface area contributed by atoms with Crippen LogP contribution >= 0.6 is 0 Å². The van der Waals surface area contributed by atoms with Gasteiger partial charge >= 0.3 is 6.09 Å². The topological polar surface area (TPSA) is 41.6 Å². The van der Waals surface area contributed by atoms with Crippen molar-refractivity contribution in [3.8, 4) is 0 Å². The van der Waals surface area contributed by atoms with Crippen LogP contribution in [0.15, 0.2) is 0 Å². The Hall–Kier alpha value is -0.770. The molecular formula is C10H18N2O2. The van der Waals surface area contributed by atoms with Crippen molar-refractivity contribution in [1.82, 2.24) is 10.2 Å². The molecule has 0 saturated carbocycles. The number of nitrogens with one attached hydrogen (secondary N) is 1. The van der Waals surface area contributed by atoms with Gasteiger partial charge in [-0.15, -0.1) is 0 Å². The number of carbonyl (C=O) groups is 1. The minimum absolute atomic E-state index is 0.210. The Morgan fingerprint density at radius 3 is 2.79 bits per heavy atom. The van der Waals surface area contributed by atoms with E-state index < -0.39 is 0 Å². The summed E-state index contributed by atoms with van der Waals surface area (Å²) in [5, 5.41) is 2.90. The van der Waals surface area contributed by atoms with Crippen LogP contribution in [0.25, 0.3) is 0 Å². The van der Waals surface area contributed by atoms with Gasteiger partial charge in [-0.2, -0.15) is 0 Å². The van der Waals surface area contributed by atoms with Gasteiger partial charge in [0.15, 0.2) is 0 Å². The van der Waals surface area contributed by atoms with Gasteiger partial charge in [0.05, 0.1) is 6.04 Å². The smallest absolute Gasteiger partial charge is 0.408 e. The first-order valence-electron chi connectivity index (χ1n) is 5.34. The number of amides is 1. The van der Waals surface area contributed by atoms with E-state index in [0.717, 1.165) is 32.4 Å². The molecule has 2 aliphatic heterocycles. The largest absolute Gasteiger partial charge is 0.441 e. The SMILES string of the molecule is CCC1NC(=O)OC12CCN(C)CC2. The highest BCUT2D eigenvalue weighted by Gasteiger charge is 2.49. The first-order valence-corrected chi connectivity index (χ1v) is 5.34. The Morgan fingerprint density at radius 2 is 2.21 bits per heavy atom. The molecule has 0 aromatic carbocycles. The second kappa shape index (κ2) is 3.42. The van der Waals surface area contributed by atoms with Crippen molar-refractivity contribution in [2.45, 2.75) is 37.8 Å². The van der Waals surface area contributed by atoms with Gasteiger partial charge in [-0.05, 0) is 13.5 Å². The van der Waals surface area contributed by atoms with Gasteiger partial charge < -0.3 is 15.0 Å². The molecule has 2 fully saturated rings. The van der Waals surface area contributed by atoms with Gasteiger partial charge in [0.25, 0.3) is 0 Å². The lowest BCUT2D eigenvalue weighted by Crippen LogP contribution is -2.50. The quantitative estimate of drug-likeness (QED) is 0.682. The summed E-state index contributed by atoms with van der Waals surface area (Å²) in [6.07, 6.45) is 2.64. The van der Waals surface area contributed by atoms with Crippen molar-refractivity contribution in [3.05, 3.63) is 0 Å². The highest BCUT2D eigenvalue weighted by molar-refractivity contribution is 5.71. The van der Waals surface area contributed by atoms with Gasteiger partial charge in [0.2, 0.25) is 0 Å². The highest BCUT2D eigenvalue weighted by atomic mass is 16.6. The van der Waals surface area contributed by atoms with Crippen LogP contribution in [0.1, 0.15) is 26.2 Å². The zero-order chi connectivity index (χ0) is 10.2. The Balaban J connectivity index is 2.10. The molecule has 2 rings (SSSR count). The fourth-order valence-corrected chi connectivity index (χ4v) is 2.48. The number of hydrogen-bond donors (Lipinski definition) is 1. The molecule has 14 heavy (non-hydrogen) atoms. The lowest BCUT2D eigenvalue weighted by Gasteiger charge is -2.38. The Morgan fingerprint density at radius 1 is 1.57 bits per heavy atom. The summed E-state index contributed by atoms with van der Waals surface area (Å²) < 4.78 is 5.46. The number of likely N-dealkylation sites (tertiary alicyclic amines) is 1. The molecule has 1 unspecified atom stereocenters. The van der Waals surface area contributed by atoms with Crippen LogP contribution in [0.5, 0.6) is 0 Å². The van der Waals surface area contributed by atoms with Crippen LogP contribution in [0.2, 0.25) is 0 Å². The zero-order valence-corrected chi connectivity index (χ0v) is 8.88. The molecule has 0 aromatic heterocycles. The van der Waals surface area contributed by atoms with Gasteiger partial charge in [0, 0.05) is 25.9 Å². The van der Waals surface area contributed by atoms with E-state index in [1.54, 1.807) is 0 Å². The van der Waals surface area contributed by atoms with E-state index in [9.17, 15) is 4.79 Å². The summed E-state index contributed by atoms with van der Waals surface area (Å²) in [6.45, 7) is 4.14. The molecule has 0 aromatic rings. The fourth-order valence-electron chi connectivity index (χ4n) is 2.48. The number of alkyl carbamates (subject to hydrolysis) is 1. The molecule has 1 N–H and O–H groups in total. The molecule has 0 bridgehead atoms. The second-order valence-corrected chi connectivity index (χ2v) is 4.36. The standard InChI is InChI=1S/C10H18N2O2/c1-3-8-10(14-9(13)11-8)4-6-12(2)7-5-10/h8H,3-7H2,1-2H3,(H,11,13). The molecule has 80 valence electrons. The Bertz CT molecular complexity index is 234. The van der Waals surface area contributed by atoms with Crippen molar-refractivity contribution in [2.24, 2.45) is 0 Å². The van der Waals surface area contributed by atoms with E-state index in [-0.39, 0.29) is 17.7 Å². The minimum Gasteiger partial charge on any atom is -0.441 e. The van der Waals surface area contributed by atoms with Crippen molar-refractivity contribution < 1.29 is 9.53 Å². The molecule has 0 radical (unpaired) electrons. The van der Waals surface area contributed by atoms with Crippen LogP contribution < -0.4 is 5.32 Å². The minimum atomic E-state index is -0.235. The molecule has 0 aliphatic carbocycles. The Labute approximate surface area is 84.6 Å². The maximum absolute atomic E-state index is 11.2. The van der Waals surface area contributed by atoms with Gasteiger partial charge in [0.1, 0.15) is 5.60 Å². The number of nitrogens with zero attached hydrogens (tertiary/aromatic N) is 1. The van der Waals surface area contributed by atoms with Gasteiger partial charge in [-0.3, -0.25) is 0 Å². The van der Waals surface area contributed by atoms with Crippen molar-refractivity contribution >= 4 is 6.09 Å². The van der Waals surface area contributed by atoms with Gasteiger partial charge in [-0.25, -0.2) is 4.79 Å². The van der Waals surface area contributed by atoms with Gasteiger partial charge in [-0.1, -0.05) is 6.92 Å². The number of piperidine rings is 1. The molecule has 4 heteroatoms. The highest BCUT2D eigenvalue weighted by Crippen LogP contribution is 2.34. The summed E-state index contributed by atoms with van der Waals surface area (Å²) in [6, 6.07) is 0.212. The van der Waals surface area contributed by atoms with Crippen LogP contribution in [-0.2, 0) is 4.74 Å². The molecule has 1 atom stereocenters. The predicted molar refractivity (Wildman–Crippen MR) is 53.2 cm³/mol. The van der Waals surface area contributed by atoms with E-state index in [2.05, 4.69) is 24.2 Å². The fraction of sp³-hybridized carbons (Fsp3) is 0.900. The third-order valence-electron chi connectivity index (χ3n) is 3.46. The van der Waals surface area contributed by atoms with Crippen LogP contribution in [-0.4, -0.2) is 42.8 Å². The van der Waals surface area contributed by atoms with Crippen molar-refractivity contribution in [1.29, 1.82) is 0 Å². The first-order chi connectivity index (χ1) is 6.66. The van der Waals surface area contributed by atoms with E-state index in [4.69, 9.17) is 4.74 Å². The van der Waals surface area contributed by atoms with E-state index in [1.807, 2.05) is 0 Å². The molecule has 1 amide bonds.